The first kappa shape index (κ1) is 46.0. The Labute approximate surface area is 332 Å². The predicted molar refractivity (Wildman–Crippen MR) is 215 cm³/mol. The maximum absolute atomic E-state index is 14.3. The zero-order valence-electron chi connectivity index (χ0n) is 34.7. The molecule has 1 aromatic carbocycles. The number of likely N-dealkylation sites (tertiary alicyclic amines) is 1. The standard InChI is InChI=1S/C41H66N6O7S/c1-12-26(4)34(46(9)40(51)36(41(6,7)52)45-38(50)33(42-8)25(2)3)31(53-10)24-32(48)47-21-16-19-30(47)35(54-11)27(5)37(49)44-29(39-43-20-22-55-39)23-28-17-14-13-15-18-28/h13-15,17-18,20,22,25-27,29-31,33-36,42,52H,12,16,19,21,23-24H2,1-11H3,(H,44,49)(H,45,50)/t26-,27+,29-,30-,31+,33-,34-,35+,36+/m0/s1. The molecule has 2 heterocycles. The normalized spacial score (nSPS) is 19.1. The van der Waals surface area contributed by atoms with E-state index in [1.807, 2.05) is 70.3 Å². The van der Waals surface area contributed by atoms with Crippen molar-refractivity contribution in [3.8, 4) is 0 Å². The Morgan fingerprint density at radius 1 is 1.05 bits per heavy atom. The van der Waals surface area contributed by atoms with Crippen LogP contribution in [0.2, 0.25) is 0 Å². The number of aromatic nitrogens is 1. The molecule has 1 aromatic heterocycles. The van der Waals surface area contributed by atoms with Gasteiger partial charge in [0.15, 0.2) is 0 Å². The van der Waals surface area contributed by atoms with Crippen LogP contribution in [0.1, 0.15) is 90.8 Å². The van der Waals surface area contributed by atoms with Gasteiger partial charge in [-0.2, -0.15) is 0 Å². The average molecular weight is 787 g/mol. The molecule has 0 unspecified atom stereocenters. The molecule has 1 aliphatic rings. The summed E-state index contributed by atoms with van der Waals surface area (Å²) in [6.07, 6.45) is 3.14. The quantitative estimate of drug-likeness (QED) is 0.147. The van der Waals surface area contributed by atoms with E-state index in [9.17, 15) is 24.3 Å². The fourth-order valence-corrected chi connectivity index (χ4v) is 8.50. The summed E-state index contributed by atoms with van der Waals surface area (Å²) in [7, 11) is 6.42. The summed E-state index contributed by atoms with van der Waals surface area (Å²) in [5, 5.41) is 22.8. The number of ether oxygens (including phenoxy) is 2. The van der Waals surface area contributed by atoms with Crippen LogP contribution < -0.4 is 16.0 Å². The van der Waals surface area contributed by atoms with Crippen LogP contribution in [0.25, 0.3) is 0 Å². The molecule has 55 heavy (non-hydrogen) atoms. The second-order valence-electron chi connectivity index (χ2n) is 15.8. The third kappa shape index (κ3) is 12.0. The van der Waals surface area contributed by atoms with Crippen molar-refractivity contribution in [2.75, 3.05) is 34.9 Å². The fraction of sp³-hybridized carbons (Fsp3) is 0.683. The highest BCUT2D eigenvalue weighted by Gasteiger charge is 2.45. The molecule has 14 heteroatoms. The van der Waals surface area contributed by atoms with Crippen molar-refractivity contribution in [2.24, 2.45) is 17.8 Å². The first-order valence-electron chi connectivity index (χ1n) is 19.6. The van der Waals surface area contributed by atoms with Gasteiger partial charge in [-0.3, -0.25) is 19.2 Å². The first-order valence-corrected chi connectivity index (χ1v) is 20.4. The van der Waals surface area contributed by atoms with Crippen molar-refractivity contribution < 1.29 is 33.8 Å². The Kier molecular flexibility index (Phi) is 17.7. The number of rotatable bonds is 21. The molecule has 4 amide bonds. The molecule has 308 valence electrons. The van der Waals surface area contributed by atoms with Crippen LogP contribution in [0.4, 0.5) is 0 Å². The minimum Gasteiger partial charge on any atom is -0.388 e. The lowest BCUT2D eigenvalue weighted by molar-refractivity contribution is -0.151. The number of hydrogen-bond donors (Lipinski definition) is 4. The van der Waals surface area contributed by atoms with Gasteiger partial charge >= 0.3 is 0 Å². The summed E-state index contributed by atoms with van der Waals surface area (Å²) in [6.45, 7) is 13.1. The van der Waals surface area contributed by atoms with Crippen molar-refractivity contribution in [3.05, 3.63) is 52.5 Å². The molecule has 3 rings (SSSR count). The van der Waals surface area contributed by atoms with E-state index in [1.54, 1.807) is 32.3 Å². The molecule has 4 N–H and O–H groups in total. The molecule has 0 saturated carbocycles. The zero-order valence-corrected chi connectivity index (χ0v) is 35.5. The van der Waals surface area contributed by atoms with Crippen LogP contribution in [-0.2, 0) is 35.1 Å². The maximum atomic E-state index is 14.3. The average Bonchev–Trinajstić information content (AvgIpc) is 3.87. The molecule has 1 aliphatic heterocycles. The van der Waals surface area contributed by atoms with Crippen LogP contribution in [0.15, 0.2) is 41.9 Å². The molecule has 2 aromatic rings. The summed E-state index contributed by atoms with van der Waals surface area (Å²) in [5.41, 5.74) is -0.506. The number of benzene rings is 1. The fourth-order valence-electron chi connectivity index (χ4n) is 7.81. The number of aliphatic hydroxyl groups is 1. The summed E-state index contributed by atoms with van der Waals surface area (Å²) >= 11 is 1.49. The van der Waals surface area contributed by atoms with E-state index in [-0.39, 0.29) is 42.2 Å². The number of thiazole rings is 1. The number of nitrogens with zero attached hydrogens (tertiary/aromatic N) is 3. The lowest BCUT2D eigenvalue weighted by Gasteiger charge is -2.42. The lowest BCUT2D eigenvalue weighted by atomic mass is 9.88. The van der Waals surface area contributed by atoms with Gasteiger partial charge in [0.2, 0.25) is 23.6 Å². The van der Waals surface area contributed by atoms with Crippen LogP contribution in [-0.4, -0.2) is 120 Å². The molecular formula is C41H66N6O7S. The largest absolute Gasteiger partial charge is 0.388 e. The number of hydrogen-bond acceptors (Lipinski definition) is 10. The molecule has 0 radical (unpaired) electrons. The van der Waals surface area contributed by atoms with Crippen LogP contribution in [0, 0.1) is 17.8 Å². The highest BCUT2D eigenvalue weighted by Crippen LogP contribution is 2.31. The maximum Gasteiger partial charge on any atom is 0.248 e. The second-order valence-corrected chi connectivity index (χ2v) is 16.7. The van der Waals surface area contributed by atoms with Crippen molar-refractivity contribution in [1.82, 2.24) is 30.7 Å². The number of nitrogens with one attached hydrogen (secondary N) is 3. The summed E-state index contributed by atoms with van der Waals surface area (Å²) in [4.78, 5) is 63.4. The topological polar surface area (TPSA) is 162 Å². The van der Waals surface area contributed by atoms with Gasteiger partial charge in [0.25, 0.3) is 0 Å². The highest BCUT2D eigenvalue weighted by atomic mass is 32.1. The van der Waals surface area contributed by atoms with E-state index in [0.29, 0.717) is 25.8 Å². The van der Waals surface area contributed by atoms with Crippen LogP contribution in [0.5, 0.6) is 0 Å². The van der Waals surface area contributed by atoms with Gasteiger partial charge in [-0.25, -0.2) is 4.98 Å². The minimum atomic E-state index is -1.59. The van der Waals surface area contributed by atoms with E-state index in [2.05, 4.69) is 20.9 Å². The third-order valence-corrected chi connectivity index (χ3v) is 12.0. The number of carbonyl (C=O) groups is 4. The van der Waals surface area contributed by atoms with E-state index >= 15 is 0 Å². The molecule has 0 aliphatic carbocycles. The smallest absolute Gasteiger partial charge is 0.248 e. The minimum absolute atomic E-state index is 0.0193. The van der Waals surface area contributed by atoms with E-state index in [1.165, 1.54) is 37.2 Å². The Hall–Kier alpha value is -3.43. The van der Waals surface area contributed by atoms with Gasteiger partial charge in [0, 0.05) is 39.4 Å². The van der Waals surface area contributed by atoms with Crippen molar-refractivity contribution in [1.29, 1.82) is 0 Å². The van der Waals surface area contributed by atoms with E-state index < -0.39 is 53.7 Å². The van der Waals surface area contributed by atoms with Gasteiger partial charge in [-0.05, 0) is 57.6 Å². The highest BCUT2D eigenvalue weighted by molar-refractivity contribution is 7.09. The monoisotopic (exact) mass is 786 g/mol. The zero-order chi connectivity index (χ0) is 41.0. The van der Waals surface area contributed by atoms with Gasteiger partial charge in [0.05, 0.1) is 54.3 Å². The Morgan fingerprint density at radius 3 is 2.25 bits per heavy atom. The number of amides is 4. The first-order chi connectivity index (χ1) is 26.0. The lowest BCUT2D eigenvalue weighted by Crippen LogP contribution is -2.63. The van der Waals surface area contributed by atoms with Crippen molar-refractivity contribution in [2.45, 2.75) is 129 Å². The van der Waals surface area contributed by atoms with E-state index in [0.717, 1.165) is 17.0 Å². The summed E-state index contributed by atoms with van der Waals surface area (Å²) < 4.78 is 12.0. The molecule has 13 nitrogen and oxygen atoms in total. The third-order valence-electron chi connectivity index (χ3n) is 11.1. The number of likely N-dealkylation sites (N-methyl/N-ethyl adjacent to an activating group) is 2. The van der Waals surface area contributed by atoms with Gasteiger partial charge in [0.1, 0.15) is 11.0 Å². The molecule has 1 saturated heterocycles. The summed E-state index contributed by atoms with van der Waals surface area (Å²) in [5.74, 6) is -1.96. The van der Waals surface area contributed by atoms with Crippen LogP contribution in [0.3, 0.4) is 0 Å². The Morgan fingerprint density at radius 2 is 1.73 bits per heavy atom. The molecule has 0 spiro atoms. The molecule has 9 atom stereocenters. The Bertz CT molecular complexity index is 1500. The van der Waals surface area contributed by atoms with E-state index in [4.69, 9.17) is 9.47 Å². The van der Waals surface area contributed by atoms with Gasteiger partial charge in [-0.15, -0.1) is 11.3 Å². The summed E-state index contributed by atoms with van der Waals surface area (Å²) in [6, 6.07) is 6.92. The number of carbonyl (C=O) groups excluding carboxylic acids is 4. The molecule has 0 bridgehead atoms. The van der Waals surface area contributed by atoms with Crippen molar-refractivity contribution >= 4 is 35.0 Å². The second kappa shape index (κ2) is 21.2. The van der Waals surface area contributed by atoms with Crippen molar-refractivity contribution in [3.63, 3.8) is 0 Å². The molecule has 1 fully saturated rings. The van der Waals surface area contributed by atoms with Gasteiger partial charge in [-0.1, -0.05) is 71.4 Å². The predicted octanol–water partition coefficient (Wildman–Crippen LogP) is 3.96. The van der Waals surface area contributed by atoms with Crippen LogP contribution >= 0.6 is 11.3 Å². The Balaban J connectivity index is 1.81. The number of methoxy groups -OCH3 is 2. The van der Waals surface area contributed by atoms with Gasteiger partial charge < -0.3 is 40.3 Å². The molecular weight excluding hydrogens is 721 g/mol. The SMILES string of the molecule is CC[C@H](C)[C@@H]([C@@H](CC(=O)N1CCC[C@H]1[C@H](OC)[C@@H](C)C(=O)N[C@@H](Cc1ccccc1)c1nccs1)OC)N(C)C(=O)[C@@H](NC(=O)[C@@H](NC)C(C)C)C(C)(C)O.